The van der Waals surface area contributed by atoms with Gasteiger partial charge >= 0.3 is 0 Å². The molecule has 0 spiro atoms. The van der Waals surface area contributed by atoms with Gasteiger partial charge in [-0.3, -0.25) is 9.20 Å². The van der Waals surface area contributed by atoms with Gasteiger partial charge in [0.15, 0.2) is 5.65 Å². The Morgan fingerprint density at radius 1 is 1.00 bits per heavy atom. The Bertz CT molecular complexity index is 1170. The molecule has 0 radical (unpaired) electrons. The lowest BCUT2D eigenvalue weighted by Crippen LogP contribution is -2.10. The molecule has 28 heavy (non-hydrogen) atoms. The Balaban J connectivity index is 1.76. The third kappa shape index (κ3) is 3.93. The van der Waals surface area contributed by atoms with Crippen LogP contribution in [-0.4, -0.2) is 15.3 Å². The number of hydrogen-bond acceptors (Lipinski definition) is 2. The number of rotatable bonds is 4. The lowest BCUT2D eigenvalue weighted by Gasteiger charge is -2.07. The van der Waals surface area contributed by atoms with Crippen molar-refractivity contribution in [1.82, 2.24) is 9.38 Å². The van der Waals surface area contributed by atoms with Gasteiger partial charge in [0.05, 0.1) is 4.47 Å². The van der Waals surface area contributed by atoms with Crippen LogP contribution in [0.15, 0.2) is 87.9 Å². The number of imidazole rings is 1. The van der Waals surface area contributed by atoms with Crippen molar-refractivity contribution >= 4 is 55.3 Å². The van der Waals surface area contributed by atoms with Crippen LogP contribution in [0.1, 0.15) is 5.56 Å². The number of anilines is 1. The smallest absolute Gasteiger partial charge is 0.249 e. The first-order valence-corrected chi connectivity index (χ1v) is 10.2. The van der Waals surface area contributed by atoms with Crippen LogP contribution in [0.2, 0.25) is 0 Å². The summed E-state index contributed by atoms with van der Waals surface area (Å²) < 4.78 is 3.57. The van der Waals surface area contributed by atoms with Crippen molar-refractivity contribution in [2.75, 3.05) is 5.32 Å². The molecule has 0 saturated carbocycles. The van der Waals surface area contributed by atoms with Crippen LogP contribution in [0.3, 0.4) is 0 Å². The molecule has 4 aromatic rings. The topological polar surface area (TPSA) is 46.4 Å². The zero-order valence-electron chi connectivity index (χ0n) is 14.6. The largest absolute Gasteiger partial charge is 0.306 e. The van der Waals surface area contributed by atoms with E-state index in [9.17, 15) is 4.79 Å². The highest BCUT2D eigenvalue weighted by molar-refractivity contribution is 9.11. The van der Waals surface area contributed by atoms with Crippen LogP contribution >= 0.6 is 31.9 Å². The molecule has 0 bridgehead atoms. The van der Waals surface area contributed by atoms with Crippen molar-refractivity contribution < 1.29 is 4.79 Å². The second-order valence-electron chi connectivity index (χ2n) is 6.11. The number of nitrogens with one attached hydrogen (secondary N) is 1. The number of amides is 1. The normalized spacial score (nSPS) is 11.2. The van der Waals surface area contributed by atoms with E-state index in [0.29, 0.717) is 11.5 Å². The zero-order chi connectivity index (χ0) is 19.5. The maximum Gasteiger partial charge on any atom is 0.249 e. The minimum Gasteiger partial charge on any atom is -0.306 e. The van der Waals surface area contributed by atoms with Crippen molar-refractivity contribution in [2.24, 2.45) is 0 Å². The maximum atomic E-state index is 12.6. The van der Waals surface area contributed by atoms with Crippen molar-refractivity contribution in [1.29, 1.82) is 0 Å². The fourth-order valence-corrected chi connectivity index (χ4v) is 4.15. The van der Waals surface area contributed by atoms with Crippen molar-refractivity contribution in [3.05, 3.63) is 93.5 Å². The highest BCUT2D eigenvalue weighted by Gasteiger charge is 2.17. The summed E-state index contributed by atoms with van der Waals surface area (Å²) in [7, 11) is 0. The first-order valence-electron chi connectivity index (χ1n) is 8.58. The van der Waals surface area contributed by atoms with E-state index in [0.717, 1.165) is 25.7 Å². The van der Waals surface area contributed by atoms with Gasteiger partial charge in [0, 0.05) is 22.3 Å². The molecule has 2 heterocycles. The third-order valence-electron chi connectivity index (χ3n) is 4.16. The quantitative estimate of drug-likeness (QED) is 0.343. The molecule has 0 aliphatic carbocycles. The molecule has 0 saturated heterocycles. The van der Waals surface area contributed by atoms with Crippen LogP contribution in [0.25, 0.3) is 23.0 Å². The number of fused-ring (bicyclic) bond motifs is 1. The molecular weight excluding hydrogens is 482 g/mol. The average molecular weight is 497 g/mol. The number of halogens is 2. The third-order valence-corrected chi connectivity index (χ3v) is 5.17. The van der Waals surface area contributed by atoms with E-state index in [-0.39, 0.29) is 5.91 Å². The molecule has 0 unspecified atom stereocenters. The Hall–Kier alpha value is -2.70. The average Bonchev–Trinajstić information content (AvgIpc) is 3.06. The van der Waals surface area contributed by atoms with E-state index in [1.165, 1.54) is 6.08 Å². The van der Waals surface area contributed by atoms with Gasteiger partial charge in [-0.15, -0.1) is 0 Å². The van der Waals surface area contributed by atoms with Crippen LogP contribution in [0.4, 0.5) is 5.82 Å². The SMILES string of the molecule is O=C(/C=C/c1ccccc1)Nc1c(-c2ccccc2)nc2c(Br)cc(Br)cn12. The van der Waals surface area contributed by atoms with Crippen LogP contribution in [0.5, 0.6) is 0 Å². The minimum atomic E-state index is -0.223. The fraction of sp³-hybridized carbons (Fsp3) is 0. The molecule has 0 atom stereocenters. The highest BCUT2D eigenvalue weighted by Crippen LogP contribution is 2.33. The molecule has 4 rings (SSSR count). The summed E-state index contributed by atoms with van der Waals surface area (Å²) in [6.45, 7) is 0. The molecular formula is C22H15Br2N3O. The molecule has 1 N–H and O–H groups in total. The minimum absolute atomic E-state index is 0.223. The summed E-state index contributed by atoms with van der Waals surface area (Å²) in [5.74, 6) is 0.393. The highest BCUT2D eigenvalue weighted by atomic mass is 79.9. The number of benzene rings is 2. The summed E-state index contributed by atoms with van der Waals surface area (Å²) >= 11 is 7.06. The summed E-state index contributed by atoms with van der Waals surface area (Å²) in [4.78, 5) is 17.4. The zero-order valence-corrected chi connectivity index (χ0v) is 17.8. The first kappa shape index (κ1) is 18.7. The fourth-order valence-electron chi connectivity index (χ4n) is 2.88. The van der Waals surface area contributed by atoms with Crippen LogP contribution in [-0.2, 0) is 4.79 Å². The predicted octanol–water partition coefficient (Wildman–Crippen LogP) is 6.18. The molecule has 0 aliphatic heterocycles. The van der Waals surface area contributed by atoms with Gasteiger partial charge in [-0.25, -0.2) is 4.98 Å². The molecule has 0 aliphatic rings. The van der Waals surface area contributed by atoms with Crippen LogP contribution in [0, 0.1) is 0 Å². The van der Waals surface area contributed by atoms with Crippen LogP contribution < -0.4 is 5.32 Å². The molecule has 2 aromatic heterocycles. The Morgan fingerprint density at radius 3 is 2.39 bits per heavy atom. The molecule has 1 amide bonds. The van der Waals surface area contributed by atoms with E-state index in [2.05, 4.69) is 37.2 Å². The number of carbonyl (C=O) groups excluding carboxylic acids is 1. The number of pyridine rings is 1. The Labute approximate surface area is 179 Å². The molecule has 2 aromatic carbocycles. The summed E-state index contributed by atoms with van der Waals surface area (Å²) in [5.41, 5.74) is 3.33. The van der Waals surface area contributed by atoms with E-state index in [1.807, 2.05) is 77.3 Å². The molecule has 6 heteroatoms. The Kier molecular flexibility index (Phi) is 5.41. The van der Waals surface area contributed by atoms with Gasteiger partial charge in [-0.1, -0.05) is 60.7 Å². The number of hydrogen-bond donors (Lipinski definition) is 1. The van der Waals surface area contributed by atoms with Gasteiger partial charge in [-0.05, 0) is 49.6 Å². The van der Waals surface area contributed by atoms with E-state index >= 15 is 0 Å². The van der Waals surface area contributed by atoms with Gasteiger partial charge in [0.2, 0.25) is 5.91 Å². The first-order chi connectivity index (χ1) is 13.6. The van der Waals surface area contributed by atoms with Gasteiger partial charge < -0.3 is 5.32 Å². The number of aromatic nitrogens is 2. The van der Waals surface area contributed by atoms with Crippen molar-refractivity contribution in [2.45, 2.75) is 0 Å². The van der Waals surface area contributed by atoms with E-state index in [1.54, 1.807) is 6.08 Å². The standard InChI is InChI=1S/C22H15Br2N3O/c23-17-13-18(24)21-26-20(16-9-5-2-6-10-16)22(27(21)14-17)25-19(28)12-11-15-7-3-1-4-8-15/h1-14H,(H,25,28)/b12-11+. The van der Waals surface area contributed by atoms with Gasteiger partial charge in [0.25, 0.3) is 0 Å². The van der Waals surface area contributed by atoms with Gasteiger partial charge in [-0.2, -0.15) is 0 Å². The van der Waals surface area contributed by atoms with Crippen molar-refractivity contribution in [3.8, 4) is 11.3 Å². The summed E-state index contributed by atoms with van der Waals surface area (Å²) in [6.07, 6.45) is 5.19. The summed E-state index contributed by atoms with van der Waals surface area (Å²) in [6, 6.07) is 21.4. The molecule has 4 nitrogen and oxygen atoms in total. The lowest BCUT2D eigenvalue weighted by molar-refractivity contribution is -0.111. The molecule has 138 valence electrons. The second kappa shape index (κ2) is 8.12. The van der Waals surface area contributed by atoms with Gasteiger partial charge in [0.1, 0.15) is 11.5 Å². The maximum absolute atomic E-state index is 12.6. The monoisotopic (exact) mass is 495 g/mol. The second-order valence-corrected chi connectivity index (χ2v) is 7.88. The van der Waals surface area contributed by atoms with E-state index in [4.69, 9.17) is 4.98 Å². The van der Waals surface area contributed by atoms with E-state index < -0.39 is 0 Å². The predicted molar refractivity (Wildman–Crippen MR) is 120 cm³/mol. The number of carbonyl (C=O) groups is 1. The van der Waals surface area contributed by atoms with Crippen molar-refractivity contribution in [3.63, 3.8) is 0 Å². The number of nitrogens with zero attached hydrogens (tertiary/aromatic N) is 2. The Morgan fingerprint density at radius 2 is 1.68 bits per heavy atom. The lowest BCUT2D eigenvalue weighted by atomic mass is 10.1. The molecule has 0 fully saturated rings. The summed E-state index contributed by atoms with van der Waals surface area (Å²) in [5, 5.41) is 2.99.